The van der Waals surface area contributed by atoms with Gasteiger partial charge >= 0.3 is 5.97 Å². The average Bonchev–Trinajstić information content (AvgIpc) is 2.79. The fourth-order valence-electron chi connectivity index (χ4n) is 3.67. The van der Waals surface area contributed by atoms with Gasteiger partial charge in [0.25, 0.3) is 0 Å². The largest absolute Gasteiger partial charge is 0.451 e. The number of aryl methyl sites for hydroxylation is 1. The van der Waals surface area contributed by atoms with Crippen molar-refractivity contribution in [3.05, 3.63) is 101 Å². The Kier molecular flexibility index (Phi) is 5.63. The fraction of sp³-hybridized carbons (Fsp3) is 0.148. The van der Waals surface area contributed by atoms with E-state index < -0.39 is 12.1 Å². The molecule has 1 atom stereocenters. The van der Waals surface area contributed by atoms with Crippen LogP contribution in [0.15, 0.2) is 78.9 Å². The van der Waals surface area contributed by atoms with Crippen molar-refractivity contribution >= 4 is 22.7 Å². The number of ether oxygens (including phenoxy) is 1. The summed E-state index contributed by atoms with van der Waals surface area (Å²) in [6, 6.07) is 24.4. The lowest BCUT2D eigenvalue weighted by Gasteiger charge is -2.17. The summed E-state index contributed by atoms with van der Waals surface area (Å²) in [6.07, 6.45) is -0.899. The Morgan fingerprint density at radius 2 is 1.48 bits per heavy atom. The summed E-state index contributed by atoms with van der Waals surface area (Å²) in [5.74, 6) is -0.759. The van der Waals surface area contributed by atoms with E-state index in [0.29, 0.717) is 22.0 Å². The van der Waals surface area contributed by atoms with E-state index in [-0.39, 0.29) is 5.78 Å². The van der Waals surface area contributed by atoms with Crippen LogP contribution in [0.1, 0.15) is 38.8 Å². The number of aromatic nitrogens is 1. The van der Waals surface area contributed by atoms with Gasteiger partial charge in [0.2, 0.25) is 5.78 Å². The van der Waals surface area contributed by atoms with Crippen LogP contribution in [0.3, 0.4) is 0 Å². The molecule has 4 heteroatoms. The molecule has 31 heavy (non-hydrogen) atoms. The van der Waals surface area contributed by atoms with Gasteiger partial charge in [0, 0.05) is 16.5 Å². The third kappa shape index (κ3) is 4.10. The number of carbonyl (C=O) groups is 2. The van der Waals surface area contributed by atoms with Crippen LogP contribution in [0.4, 0.5) is 0 Å². The molecule has 4 rings (SSSR count). The molecule has 0 saturated carbocycles. The summed E-state index contributed by atoms with van der Waals surface area (Å²) >= 11 is 0. The van der Waals surface area contributed by atoms with E-state index >= 15 is 0 Å². The van der Waals surface area contributed by atoms with Crippen molar-refractivity contribution in [3.63, 3.8) is 0 Å². The third-order valence-corrected chi connectivity index (χ3v) is 5.38. The van der Waals surface area contributed by atoms with Crippen molar-refractivity contribution < 1.29 is 14.3 Å². The van der Waals surface area contributed by atoms with E-state index in [1.807, 2.05) is 68.4 Å². The van der Waals surface area contributed by atoms with Crippen molar-refractivity contribution in [1.29, 1.82) is 0 Å². The number of benzene rings is 3. The number of hydrogen-bond acceptors (Lipinski definition) is 4. The fourth-order valence-corrected chi connectivity index (χ4v) is 3.67. The predicted molar refractivity (Wildman–Crippen MR) is 122 cm³/mol. The van der Waals surface area contributed by atoms with Gasteiger partial charge in [0.1, 0.15) is 0 Å². The lowest BCUT2D eigenvalue weighted by molar-refractivity contribution is 0.0320. The number of para-hydroxylation sites is 1. The predicted octanol–water partition coefficient (Wildman–Crippen LogP) is 5.95. The minimum atomic E-state index is -0.899. The number of rotatable bonds is 5. The smallest absolute Gasteiger partial charge is 0.339 e. The zero-order valence-electron chi connectivity index (χ0n) is 17.8. The molecule has 1 heterocycles. The van der Waals surface area contributed by atoms with E-state index in [2.05, 4.69) is 0 Å². The summed E-state index contributed by atoms with van der Waals surface area (Å²) in [4.78, 5) is 30.8. The van der Waals surface area contributed by atoms with Crippen LogP contribution in [-0.4, -0.2) is 22.8 Å². The summed E-state index contributed by atoms with van der Waals surface area (Å²) in [5, 5.41) is 0.709. The van der Waals surface area contributed by atoms with Crippen molar-refractivity contribution in [2.75, 3.05) is 0 Å². The van der Waals surface area contributed by atoms with Crippen LogP contribution in [0.2, 0.25) is 0 Å². The van der Waals surface area contributed by atoms with Crippen LogP contribution in [0, 0.1) is 13.8 Å². The summed E-state index contributed by atoms with van der Waals surface area (Å²) in [6.45, 7) is 5.50. The number of carbonyl (C=O) groups excluding carboxylic acids is 2. The van der Waals surface area contributed by atoms with Gasteiger partial charge in [0.05, 0.1) is 16.8 Å². The molecule has 0 bridgehead atoms. The van der Waals surface area contributed by atoms with E-state index in [1.54, 1.807) is 31.2 Å². The first-order valence-electron chi connectivity index (χ1n) is 10.2. The molecular weight excluding hydrogens is 386 g/mol. The van der Waals surface area contributed by atoms with Crippen molar-refractivity contribution in [2.45, 2.75) is 26.9 Å². The van der Waals surface area contributed by atoms with Crippen LogP contribution in [0.25, 0.3) is 22.2 Å². The van der Waals surface area contributed by atoms with Gasteiger partial charge in [-0.1, -0.05) is 78.4 Å². The second-order valence-corrected chi connectivity index (χ2v) is 7.62. The molecule has 1 aromatic heterocycles. The standard InChI is InChI=1S/C27H23NO3/c1-17-13-15-20(16-14-17)25-18(2)24(22-11-7-8-12-23(22)28-25)27(30)31-19(3)26(29)21-9-5-4-6-10-21/h4-16,19H,1-3H3. The van der Waals surface area contributed by atoms with Crippen molar-refractivity contribution in [3.8, 4) is 11.3 Å². The summed E-state index contributed by atoms with van der Waals surface area (Å²) < 4.78 is 5.64. The molecule has 0 fully saturated rings. The van der Waals surface area contributed by atoms with E-state index in [9.17, 15) is 9.59 Å². The Morgan fingerprint density at radius 1 is 0.839 bits per heavy atom. The Balaban J connectivity index is 1.75. The normalized spacial score (nSPS) is 11.8. The molecule has 154 valence electrons. The molecule has 0 amide bonds. The Labute approximate surface area is 181 Å². The van der Waals surface area contributed by atoms with Crippen LogP contribution < -0.4 is 0 Å². The number of nitrogens with zero attached hydrogens (tertiary/aromatic N) is 1. The quantitative estimate of drug-likeness (QED) is 0.302. The molecule has 0 N–H and O–H groups in total. The summed E-state index contributed by atoms with van der Waals surface area (Å²) in [7, 11) is 0. The first-order valence-corrected chi connectivity index (χ1v) is 10.2. The molecule has 0 aliphatic carbocycles. The van der Waals surface area contributed by atoms with Crippen LogP contribution in [-0.2, 0) is 4.74 Å². The van der Waals surface area contributed by atoms with E-state index in [4.69, 9.17) is 9.72 Å². The van der Waals surface area contributed by atoms with Crippen molar-refractivity contribution in [1.82, 2.24) is 4.98 Å². The number of pyridine rings is 1. The average molecular weight is 409 g/mol. The minimum Gasteiger partial charge on any atom is -0.451 e. The highest BCUT2D eigenvalue weighted by Gasteiger charge is 2.24. The van der Waals surface area contributed by atoms with Gasteiger partial charge < -0.3 is 4.74 Å². The molecular formula is C27H23NO3. The minimum absolute atomic E-state index is 0.233. The van der Waals surface area contributed by atoms with Crippen LogP contribution >= 0.6 is 0 Å². The zero-order chi connectivity index (χ0) is 22.0. The molecule has 1 unspecified atom stereocenters. The molecule has 4 nitrogen and oxygen atoms in total. The second kappa shape index (κ2) is 8.52. The Bertz CT molecular complexity index is 1260. The first-order chi connectivity index (χ1) is 15.0. The second-order valence-electron chi connectivity index (χ2n) is 7.62. The third-order valence-electron chi connectivity index (χ3n) is 5.38. The van der Waals surface area contributed by atoms with E-state index in [0.717, 1.165) is 22.4 Å². The highest BCUT2D eigenvalue weighted by atomic mass is 16.5. The molecule has 0 aliphatic heterocycles. The Hall–Kier alpha value is -3.79. The van der Waals surface area contributed by atoms with Gasteiger partial charge in [-0.25, -0.2) is 9.78 Å². The maximum Gasteiger partial charge on any atom is 0.339 e. The lowest BCUT2D eigenvalue weighted by Crippen LogP contribution is -2.25. The highest BCUT2D eigenvalue weighted by molar-refractivity contribution is 6.08. The first kappa shape index (κ1) is 20.5. The molecule has 0 aliphatic rings. The Morgan fingerprint density at radius 3 is 2.19 bits per heavy atom. The highest BCUT2D eigenvalue weighted by Crippen LogP contribution is 2.30. The number of Topliss-reactive ketones (excluding diaryl/α,β-unsaturated/α-hetero) is 1. The maximum atomic E-state index is 13.3. The molecule has 4 aromatic rings. The number of ketones is 1. The number of esters is 1. The monoisotopic (exact) mass is 409 g/mol. The summed E-state index contributed by atoms with van der Waals surface area (Å²) in [5.41, 5.74) is 5.19. The number of fused-ring (bicyclic) bond motifs is 1. The van der Waals surface area contributed by atoms with Crippen molar-refractivity contribution in [2.24, 2.45) is 0 Å². The topological polar surface area (TPSA) is 56.3 Å². The van der Waals surface area contributed by atoms with Gasteiger partial charge in [-0.3, -0.25) is 4.79 Å². The van der Waals surface area contributed by atoms with Gasteiger partial charge in [-0.05, 0) is 32.4 Å². The lowest BCUT2D eigenvalue weighted by atomic mass is 9.97. The maximum absolute atomic E-state index is 13.3. The van der Waals surface area contributed by atoms with Gasteiger partial charge in [0.15, 0.2) is 6.10 Å². The molecule has 3 aromatic carbocycles. The van der Waals surface area contributed by atoms with E-state index in [1.165, 1.54) is 0 Å². The van der Waals surface area contributed by atoms with Crippen LogP contribution in [0.5, 0.6) is 0 Å². The number of hydrogen-bond donors (Lipinski definition) is 0. The molecule has 0 saturated heterocycles. The van der Waals surface area contributed by atoms with Gasteiger partial charge in [-0.2, -0.15) is 0 Å². The zero-order valence-corrected chi connectivity index (χ0v) is 17.8. The van der Waals surface area contributed by atoms with Gasteiger partial charge in [-0.15, -0.1) is 0 Å². The molecule has 0 spiro atoms. The SMILES string of the molecule is Cc1ccc(-c2nc3ccccc3c(C(=O)OC(C)C(=O)c3ccccc3)c2C)cc1. The molecule has 0 radical (unpaired) electrons.